The van der Waals surface area contributed by atoms with E-state index in [0.29, 0.717) is 35.3 Å². The monoisotopic (exact) mass is 468 g/mol. The SMILES string of the molecule is CCOc1ccc([C@H](C)NC(=O)CN(Cc2ccccc2Cl)S(C)(=O)=O)cc1OCC. The molecule has 0 aromatic heterocycles. The van der Waals surface area contributed by atoms with Crippen LogP contribution in [0.15, 0.2) is 42.5 Å². The predicted octanol–water partition coefficient (Wildman–Crippen LogP) is 3.78. The van der Waals surface area contributed by atoms with Gasteiger partial charge >= 0.3 is 0 Å². The third kappa shape index (κ3) is 7.41. The summed E-state index contributed by atoms with van der Waals surface area (Å²) in [5, 5.41) is 3.29. The van der Waals surface area contributed by atoms with E-state index >= 15 is 0 Å². The lowest BCUT2D eigenvalue weighted by Gasteiger charge is -2.22. The first-order valence-corrected chi connectivity index (χ1v) is 12.3. The second-order valence-electron chi connectivity index (χ2n) is 6.98. The van der Waals surface area contributed by atoms with Crippen molar-refractivity contribution in [2.45, 2.75) is 33.4 Å². The minimum Gasteiger partial charge on any atom is -0.490 e. The number of carbonyl (C=O) groups is 1. The number of halogens is 1. The van der Waals surface area contributed by atoms with Crippen molar-refractivity contribution < 1.29 is 22.7 Å². The van der Waals surface area contributed by atoms with Crippen molar-refractivity contribution in [3.63, 3.8) is 0 Å². The molecule has 2 rings (SSSR count). The van der Waals surface area contributed by atoms with Gasteiger partial charge in [0, 0.05) is 11.6 Å². The van der Waals surface area contributed by atoms with E-state index in [1.54, 1.807) is 30.3 Å². The van der Waals surface area contributed by atoms with Gasteiger partial charge in [0.25, 0.3) is 0 Å². The summed E-state index contributed by atoms with van der Waals surface area (Å²) >= 11 is 6.15. The van der Waals surface area contributed by atoms with Crippen LogP contribution >= 0.6 is 11.6 Å². The van der Waals surface area contributed by atoms with Crippen LogP contribution in [0, 0.1) is 0 Å². The number of nitrogens with one attached hydrogen (secondary N) is 1. The zero-order valence-electron chi connectivity index (χ0n) is 18.2. The number of hydrogen-bond donors (Lipinski definition) is 1. The molecule has 0 spiro atoms. The highest BCUT2D eigenvalue weighted by Gasteiger charge is 2.23. The van der Waals surface area contributed by atoms with E-state index in [0.717, 1.165) is 16.1 Å². The Hall–Kier alpha value is -2.29. The van der Waals surface area contributed by atoms with Crippen LogP contribution in [0.5, 0.6) is 11.5 Å². The average Bonchev–Trinajstić information content (AvgIpc) is 2.70. The van der Waals surface area contributed by atoms with Crippen LogP contribution in [0.3, 0.4) is 0 Å². The number of carbonyl (C=O) groups excluding carboxylic acids is 1. The molecular weight excluding hydrogens is 440 g/mol. The number of amides is 1. The van der Waals surface area contributed by atoms with Gasteiger partial charge in [0.15, 0.2) is 11.5 Å². The molecule has 0 fully saturated rings. The number of hydrogen-bond acceptors (Lipinski definition) is 5. The molecule has 0 heterocycles. The maximum Gasteiger partial charge on any atom is 0.235 e. The van der Waals surface area contributed by atoms with E-state index in [9.17, 15) is 13.2 Å². The molecule has 0 aliphatic carbocycles. The predicted molar refractivity (Wildman–Crippen MR) is 122 cm³/mol. The van der Waals surface area contributed by atoms with E-state index < -0.39 is 15.9 Å². The number of rotatable bonds is 11. The van der Waals surface area contributed by atoms with E-state index in [2.05, 4.69) is 5.32 Å². The lowest BCUT2D eigenvalue weighted by atomic mass is 10.1. The normalized spacial score (nSPS) is 12.5. The first-order valence-electron chi connectivity index (χ1n) is 10.0. The molecule has 0 bridgehead atoms. The fourth-order valence-electron chi connectivity index (χ4n) is 2.97. The van der Waals surface area contributed by atoms with Gasteiger partial charge in [0.2, 0.25) is 15.9 Å². The first kappa shape index (κ1) is 25.0. The molecule has 2 aromatic rings. The van der Waals surface area contributed by atoms with E-state index in [4.69, 9.17) is 21.1 Å². The highest BCUT2D eigenvalue weighted by atomic mass is 35.5. The molecule has 0 saturated carbocycles. The summed E-state index contributed by atoms with van der Waals surface area (Å²) in [7, 11) is -3.62. The van der Waals surface area contributed by atoms with Gasteiger partial charge in [-0.15, -0.1) is 0 Å². The second kappa shape index (κ2) is 11.4. The molecule has 1 amide bonds. The molecule has 0 aliphatic heterocycles. The minimum atomic E-state index is -3.62. The molecule has 1 N–H and O–H groups in total. The molecule has 2 aromatic carbocycles. The number of sulfonamides is 1. The molecule has 170 valence electrons. The Bertz CT molecular complexity index is 997. The van der Waals surface area contributed by atoms with Crippen LogP contribution in [0.2, 0.25) is 5.02 Å². The van der Waals surface area contributed by atoms with Gasteiger partial charge < -0.3 is 14.8 Å². The molecule has 1 atom stereocenters. The maximum absolute atomic E-state index is 12.6. The smallest absolute Gasteiger partial charge is 0.235 e. The first-order chi connectivity index (χ1) is 14.7. The number of ether oxygens (including phenoxy) is 2. The third-order valence-corrected chi connectivity index (χ3v) is 6.10. The Labute approximate surface area is 189 Å². The molecular formula is C22H29ClN2O5S. The van der Waals surface area contributed by atoms with E-state index in [-0.39, 0.29) is 19.1 Å². The Morgan fingerprint density at radius 2 is 1.74 bits per heavy atom. The van der Waals surface area contributed by atoms with Gasteiger partial charge in [-0.25, -0.2) is 8.42 Å². The van der Waals surface area contributed by atoms with Crippen molar-refractivity contribution in [2.75, 3.05) is 26.0 Å². The standard InChI is InChI=1S/C22H29ClN2O5S/c1-5-29-20-12-11-17(13-21(20)30-6-2)16(3)24-22(26)15-25(31(4,27)28)14-18-9-7-8-10-19(18)23/h7-13,16H,5-6,14-15H2,1-4H3,(H,24,26)/t16-/m0/s1. The third-order valence-electron chi connectivity index (χ3n) is 4.54. The second-order valence-corrected chi connectivity index (χ2v) is 9.37. The molecule has 0 saturated heterocycles. The Morgan fingerprint density at radius 1 is 1.10 bits per heavy atom. The fraction of sp³-hybridized carbons (Fsp3) is 0.409. The zero-order chi connectivity index (χ0) is 23.0. The lowest BCUT2D eigenvalue weighted by molar-refractivity contribution is -0.122. The van der Waals surface area contributed by atoms with E-state index in [1.165, 1.54) is 0 Å². The van der Waals surface area contributed by atoms with Gasteiger partial charge in [-0.3, -0.25) is 4.79 Å². The quantitative estimate of drug-likeness (QED) is 0.542. The molecule has 0 aliphatic rings. The summed E-state index contributed by atoms with van der Waals surface area (Å²) in [6.45, 7) is 6.28. The molecule has 7 nitrogen and oxygen atoms in total. The van der Waals surface area contributed by atoms with Crippen molar-refractivity contribution in [3.05, 3.63) is 58.6 Å². The van der Waals surface area contributed by atoms with Gasteiger partial charge in [-0.05, 0) is 50.1 Å². The van der Waals surface area contributed by atoms with Gasteiger partial charge in [-0.2, -0.15) is 4.31 Å². The van der Waals surface area contributed by atoms with E-state index in [1.807, 2.05) is 32.9 Å². The largest absolute Gasteiger partial charge is 0.490 e. The summed E-state index contributed by atoms with van der Waals surface area (Å²) in [6, 6.07) is 12.0. The Kier molecular flexibility index (Phi) is 9.15. The summed E-state index contributed by atoms with van der Waals surface area (Å²) < 4.78 is 36.7. The molecule has 0 unspecified atom stereocenters. The van der Waals surface area contributed by atoms with Crippen LogP contribution in [-0.2, 0) is 21.4 Å². The van der Waals surface area contributed by atoms with Gasteiger partial charge in [-0.1, -0.05) is 35.9 Å². The van der Waals surface area contributed by atoms with Gasteiger partial charge in [0.05, 0.1) is 32.1 Å². The van der Waals surface area contributed by atoms with Crippen molar-refractivity contribution >= 4 is 27.5 Å². The molecule has 0 radical (unpaired) electrons. The number of benzene rings is 2. The molecule has 31 heavy (non-hydrogen) atoms. The molecule has 9 heteroatoms. The minimum absolute atomic E-state index is 0.0118. The van der Waals surface area contributed by atoms with Crippen LogP contribution in [0.1, 0.15) is 37.9 Å². The van der Waals surface area contributed by atoms with Crippen LogP contribution in [0.4, 0.5) is 0 Å². The summed E-state index contributed by atoms with van der Waals surface area (Å²) in [5.74, 6) is 0.811. The van der Waals surface area contributed by atoms with Crippen molar-refractivity contribution in [1.82, 2.24) is 9.62 Å². The highest BCUT2D eigenvalue weighted by Crippen LogP contribution is 2.30. The summed E-state index contributed by atoms with van der Waals surface area (Å²) in [6.07, 6.45) is 1.07. The van der Waals surface area contributed by atoms with Gasteiger partial charge in [0.1, 0.15) is 0 Å². The Balaban J connectivity index is 2.11. The summed E-state index contributed by atoms with van der Waals surface area (Å²) in [4.78, 5) is 12.6. The highest BCUT2D eigenvalue weighted by molar-refractivity contribution is 7.88. The Morgan fingerprint density at radius 3 is 2.35 bits per heavy atom. The van der Waals surface area contributed by atoms with Crippen molar-refractivity contribution in [2.24, 2.45) is 0 Å². The lowest BCUT2D eigenvalue weighted by Crippen LogP contribution is -2.40. The summed E-state index contributed by atoms with van der Waals surface area (Å²) in [5.41, 5.74) is 1.44. The van der Waals surface area contributed by atoms with Crippen LogP contribution in [-0.4, -0.2) is 44.6 Å². The number of nitrogens with zero attached hydrogens (tertiary/aromatic N) is 1. The van der Waals surface area contributed by atoms with Crippen LogP contribution < -0.4 is 14.8 Å². The average molecular weight is 469 g/mol. The van der Waals surface area contributed by atoms with Crippen molar-refractivity contribution in [1.29, 1.82) is 0 Å². The van der Waals surface area contributed by atoms with Crippen molar-refractivity contribution in [3.8, 4) is 11.5 Å². The van der Waals surface area contributed by atoms with Crippen LogP contribution in [0.25, 0.3) is 0 Å². The zero-order valence-corrected chi connectivity index (χ0v) is 19.8. The topological polar surface area (TPSA) is 84.9 Å². The fourth-order valence-corrected chi connectivity index (χ4v) is 3.90. The maximum atomic E-state index is 12.6.